The zero-order chi connectivity index (χ0) is 14.1. The predicted molar refractivity (Wildman–Crippen MR) is 78.4 cm³/mol. The molecule has 2 aliphatic heterocycles. The van der Waals surface area contributed by atoms with Crippen LogP contribution in [0.2, 0.25) is 0 Å². The number of nitrogens with zero attached hydrogens (tertiary/aromatic N) is 3. The average Bonchev–Trinajstić information content (AvgIpc) is 2.67. The average molecular weight is 269 g/mol. The van der Waals surface area contributed by atoms with Crippen molar-refractivity contribution in [1.29, 1.82) is 0 Å². The Labute approximate surface area is 117 Å². The van der Waals surface area contributed by atoms with Crippen molar-refractivity contribution in [2.75, 3.05) is 6.54 Å². The highest BCUT2D eigenvalue weighted by Crippen LogP contribution is 2.15. The molecule has 5 heteroatoms. The third-order valence-corrected chi connectivity index (χ3v) is 3.48. The van der Waals surface area contributed by atoms with Crippen LogP contribution in [0.4, 0.5) is 0 Å². The molecule has 5 nitrogen and oxygen atoms in total. The van der Waals surface area contributed by atoms with Crippen LogP contribution in [0.1, 0.15) is 25.8 Å². The Kier molecular flexibility index (Phi) is 3.18. The second-order valence-electron chi connectivity index (χ2n) is 4.88. The lowest BCUT2D eigenvalue weighted by Crippen LogP contribution is -2.41. The minimum atomic E-state index is -0.0952. The number of amidine groups is 2. The molecule has 0 bridgehead atoms. The van der Waals surface area contributed by atoms with Crippen LogP contribution in [-0.2, 0) is 4.79 Å². The summed E-state index contributed by atoms with van der Waals surface area (Å²) in [6.07, 6.45) is 0.866. The molecule has 20 heavy (non-hydrogen) atoms. The molecule has 1 amide bonds. The summed E-state index contributed by atoms with van der Waals surface area (Å²) in [4.78, 5) is 20.9. The van der Waals surface area contributed by atoms with E-state index in [-0.39, 0.29) is 18.6 Å². The van der Waals surface area contributed by atoms with Crippen LogP contribution in [0.3, 0.4) is 0 Å². The highest BCUT2D eigenvalue weighted by atomic mass is 16.2. The molecule has 102 valence electrons. The van der Waals surface area contributed by atoms with Gasteiger partial charge in [-0.2, -0.15) is 0 Å². The van der Waals surface area contributed by atoms with E-state index in [1.807, 2.05) is 41.8 Å². The summed E-state index contributed by atoms with van der Waals surface area (Å²) >= 11 is 0. The van der Waals surface area contributed by atoms with Crippen molar-refractivity contribution in [3.05, 3.63) is 35.9 Å². The molecule has 0 aliphatic carbocycles. The van der Waals surface area contributed by atoms with E-state index < -0.39 is 0 Å². The zero-order valence-corrected chi connectivity index (χ0v) is 11.6. The lowest BCUT2D eigenvalue weighted by molar-refractivity contribution is -0.447. The third-order valence-electron chi connectivity index (χ3n) is 3.48. The van der Waals surface area contributed by atoms with Crippen molar-refractivity contribution in [3.8, 4) is 0 Å². The highest BCUT2D eigenvalue weighted by molar-refractivity contribution is 6.42. The second-order valence-corrected chi connectivity index (χ2v) is 4.88. The summed E-state index contributed by atoms with van der Waals surface area (Å²) in [5.41, 5.74) is 1.86. The first-order chi connectivity index (χ1) is 9.70. The van der Waals surface area contributed by atoms with Gasteiger partial charge in [0.25, 0.3) is 11.7 Å². The van der Waals surface area contributed by atoms with Gasteiger partial charge in [0.1, 0.15) is 5.71 Å². The summed E-state index contributed by atoms with van der Waals surface area (Å²) in [7, 11) is 0. The van der Waals surface area contributed by atoms with E-state index in [1.54, 1.807) is 0 Å². The fraction of sp³-hybridized carbons (Fsp3) is 0.333. The van der Waals surface area contributed by atoms with Crippen LogP contribution in [-0.4, -0.2) is 40.6 Å². The zero-order valence-electron chi connectivity index (χ0n) is 11.6. The van der Waals surface area contributed by atoms with Crippen LogP contribution in [0.25, 0.3) is 0 Å². The fourth-order valence-electron chi connectivity index (χ4n) is 2.55. The molecule has 1 aromatic carbocycles. The van der Waals surface area contributed by atoms with E-state index in [1.165, 1.54) is 0 Å². The van der Waals surface area contributed by atoms with Gasteiger partial charge in [-0.1, -0.05) is 25.1 Å². The van der Waals surface area contributed by atoms with Crippen molar-refractivity contribution in [2.45, 2.75) is 26.4 Å². The van der Waals surface area contributed by atoms with Crippen LogP contribution < -0.4 is 5.32 Å². The first kappa shape index (κ1) is 12.7. The predicted octanol–water partition coefficient (Wildman–Crippen LogP) is 1.18. The summed E-state index contributed by atoms with van der Waals surface area (Å²) in [5, 5.41) is 2.91. The van der Waals surface area contributed by atoms with Gasteiger partial charge in [0.15, 0.2) is 12.7 Å². The van der Waals surface area contributed by atoms with Gasteiger partial charge in [-0.3, -0.25) is 4.79 Å². The van der Waals surface area contributed by atoms with E-state index in [2.05, 4.69) is 22.2 Å². The molecule has 1 atom stereocenters. The first-order valence-electron chi connectivity index (χ1n) is 6.81. The van der Waals surface area contributed by atoms with Crippen molar-refractivity contribution >= 4 is 23.3 Å². The molecule has 0 aromatic heterocycles. The number of aliphatic imine (C=N–C) groups is 2. The summed E-state index contributed by atoms with van der Waals surface area (Å²) in [6.45, 7) is 4.15. The van der Waals surface area contributed by atoms with Gasteiger partial charge in [-0.25, -0.2) is 14.9 Å². The van der Waals surface area contributed by atoms with Gasteiger partial charge in [-0.05, 0) is 25.5 Å². The highest BCUT2D eigenvalue weighted by Gasteiger charge is 2.36. The van der Waals surface area contributed by atoms with E-state index >= 15 is 0 Å². The third kappa shape index (κ3) is 2.05. The molecule has 2 aliphatic rings. The Hall–Kier alpha value is -2.30. The second kappa shape index (κ2) is 5.00. The summed E-state index contributed by atoms with van der Waals surface area (Å²) in [5.74, 6) is 1.48. The Bertz CT molecular complexity index is 643. The molecule has 3 rings (SSSR count). The van der Waals surface area contributed by atoms with Gasteiger partial charge < -0.3 is 0 Å². The Morgan fingerprint density at radius 3 is 2.80 bits per heavy atom. The first-order valence-corrected chi connectivity index (χ1v) is 6.81. The van der Waals surface area contributed by atoms with Crippen LogP contribution in [0.15, 0.2) is 40.3 Å². The smallest absolute Gasteiger partial charge is 0.253 e. The van der Waals surface area contributed by atoms with E-state index in [4.69, 9.17) is 0 Å². The Morgan fingerprint density at radius 2 is 2.10 bits per heavy atom. The molecule has 1 N–H and O–H groups in total. The van der Waals surface area contributed by atoms with Crippen molar-refractivity contribution in [2.24, 2.45) is 9.98 Å². The maximum atomic E-state index is 11.8. The summed E-state index contributed by atoms with van der Waals surface area (Å²) < 4.78 is 2.04. The molecular weight excluding hydrogens is 252 g/mol. The lowest BCUT2D eigenvalue weighted by atomic mass is 10.2. The largest absolute Gasteiger partial charge is 0.318 e. The van der Waals surface area contributed by atoms with Gasteiger partial charge in [-0.15, -0.1) is 4.99 Å². The molecule has 1 unspecified atom stereocenters. The van der Waals surface area contributed by atoms with Crippen molar-refractivity contribution in [3.63, 3.8) is 0 Å². The number of hydrogen-bond acceptors (Lipinski definition) is 3. The Morgan fingerprint density at radius 1 is 1.35 bits per heavy atom. The maximum Gasteiger partial charge on any atom is 0.318 e. The topological polar surface area (TPSA) is 56.8 Å². The minimum absolute atomic E-state index is 0.00218. The number of carbonyl (C=O) groups excluding carboxylic acids is 1. The van der Waals surface area contributed by atoms with E-state index in [9.17, 15) is 4.79 Å². The SMILES string of the molecule is CCC1N=C(C)C2=[N+]1C(c1ccccc1)=NCC(=O)N2. The normalized spacial score (nSPS) is 21.9. The number of hydrogen-bond donors (Lipinski definition) is 1. The molecule has 0 saturated carbocycles. The van der Waals surface area contributed by atoms with Crippen molar-refractivity contribution in [1.82, 2.24) is 5.32 Å². The van der Waals surface area contributed by atoms with E-state index in [0.29, 0.717) is 0 Å². The molecular formula is C15H17N4O+. The van der Waals surface area contributed by atoms with Gasteiger partial charge in [0.05, 0.1) is 5.56 Å². The summed E-state index contributed by atoms with van der Waals surface area (Å²) in [6, 6.07) is 9.93. The number of benzene rings is 1. The van der Waals surface area contributed by atoms with Crippen LogP contribution in [0, 0.1) is 0 Å². The molecule has 2 heterocycles. The number of amides is 1. The quantitative estimate of drug-likeness (QED) is 0.805. The number of carbonyl (C=O) groups is 1. The van der Waals surface area contributed by atoms with Crippen LogP contribution >= 0.6 is 0 Å². The fourth-order valence-corrected chi connectivity index (χ4v) is 2.55. The van der Waals surface area contributed by atoms with Crippen molar-refractivity contribution < 1.29 is 9.37 Å². The Balaban J connectivity index is 2.15. The number of nitrogens with one attached hydrogen (secondary N) is 1. The molecule has 0 radical (unpaired) electrons. The van der Waals surface area contributed by atoms with Gasteiger partial charge in [0.2, 0.25) is 0 Å². The standard InChI is InChI=1S/C15H16N4O/c1-3-12-17-10(2)14-18-13(20)9-16-15(19(12)14)11-7-5-4-6-8-11/h4-8,12H,3,9H2,1-2H3/p+1. The monoisotopic (exact) mass is 269 g/mol. The van der Waals surface area contributed by atoms with E-state index in [0.717, 1.165) is 29.4 Å². The van der Waals surface area contributed by atoms with Gasteiger partial charge >= 0.3 is 5.91 Å². The molecule has 0 spiro atoms. The number of rotatable bonds is 2. The molecule has 0 fully saturated rings. The minimum Gasteiger partial charge on any atom is -0.253 e. The van der Waals surface area contributed by atoms with Gasteiger partial charge in [0, 0.05) is 0 Å². The molecule has 1 aromatic rings. The lowest BCUT2D eigenvalue weighted by Gasteiger charge is -2.12. The van der Waals surface area contributed by atoms with Crippen LogP contribution in [0.5, 0.6) is 0 Å². The maximum absolute atomic E-state index is 11.8. The molecule has 0 saturated heterocycles.